The van der Waals surface area contributed by atoms with E-state index in [2.05, 4.69) is 10.2 Å². The molecular weight excluding hydrogens is 464 g/mol. The molecule has 1 aromatic heterocycles. The predicted molar refractivity (Wildman–Crippen MR) is 125 cm³/mol. The SMILES string of the molecule is CC(C)N(Cc1nnc(-c2ccccc2Cl)o1)C(=O)[C@@H]1Cc2ccccc2CN1S(C)(=O)=O. The summed E-state index contributed by atoms with van der Waals surface area (Å²) in [6, 6.07) is 13.6. The predicted octanol–water partition coefficient (Wildman–Crippen LogP) is 3.51. The van der Waals surface area contributed by atoms with Crippen molar-refractivity contribution in [2.24, 2.45) is 0 Å². The van der Waals surface area contributed by atoms with Crippen molar-refractivity contribution in [3.05, 3.63) is 70.6 Å². The van der Waals surface area contributed by atoms with Crippen LogP contribution in [0, 0.1) is 0 Å². The van der Waals surface area contributed by atoms with Crippen molar-refractivity contribution >= 4 is 27.5 Å². The first kappa shape index (κ1) is 23.4. The first-order chi connectivity index (χ1) is 15.6. The van der Waals surface area contributed by atoms with Crippen LogP contribution in [0.5, 0.6) is 0 Å². The molecule has 0 bridgehead atoms. The van der Waals surface area contributed by atoms with Crippen LogP contribution in [0.15, 0.2) is 52.9 Å². The highest BCUT2D eigenvalue weighted by molar-refractivity contribution is 7.88. The zero-order valence-electron chi connectivity index (χ0n) is 18.6. The summed E-state index contributed by atoms with van der Waals surface area (Å²) in [5.74, 6) is 0.201. The van der Waals surface area contributed by atoms with E-state index in [1.807, 2.05) is 44.2 Å². The summed E-state index contributed by atoms with van der Waals surface area (Å²) >= 11 is 6.22. The van der Waals surface area contributed by atoms with Crippen molar-refractivity contribution in [1.29, 1.82) is 0 Å². The van der Waals surface area contributed by atoms with Gasteiger partial charge in [-0.15, -0.1) is 10.2 Å². The summed E-state index contributed by atoms with van der Waals surface area (Å²) in [6.45, 7) is 3.95. The molecule has 33 heavy (non-hydrogen) atoms. The number of halogens is 1. The number of fused-ring (bicyclic) bond motifs is 1. The molecule has 1 amide bonds. The molecule has 0 fully saturated rings. The second-order valence-electron chi connectivity index (χ2n) is 8.34. The van der Waals surface area contributed by atoms with Crippen molar-refractivity contribution in [3.63, 3.8) is 0 Å². The Morgan fingerprint density at radius 1 is 1.15 bits per heavy atom. The van der Waals surface area contributed by atoms with Crippen LogP contribution in [0.3, 0.4) is 0 Å². The Balaban J connectivity index is 1.61. The third-order valence-corrected chi connectivity index (χ3v) is 7.26. The number of hydrogen-bond acceptors (Lipinski definition) is 6. The molecule has 2 aromatic carbocycles. The van der Waals surface area contributed by atoms with Crippen molar-refractivity contribution in [2.75, 3.05) is 6.26 Å². The average molecular weight is 489 g/mol. The molecule has 2 heterocycles. The van der Waals surface area contributed by atoms with E-state index in [9.17, 15) is 13.2 Å². The monoisotopic (exact) mass is 488 g/mol. The molecule has 0 unspecified atom stereocenters. The van der Waals surface area contributed by atoms with E-state index in [0.29, 0.717) is 17.0 Å². The summed E-state index contributed by atoms with van der Waals surface area (Å²) in [7, 11) is -3.61. The largest absolute Gasteiger partial charge is 0.419 e. The van der Waals surface area contributed by atoms with E-state index in [1.165, 1.54) is 4.31 Å². The number of aromatic nitrogens is 2. The van der Waals surface area contributed by atoms with Gasteiger partial charge in [-0.25, -0.2) is 8.42 Å². The second-order valence-corrected chi connectivity index (χ2v) is 10.7. The van der Waals surface area contributed by atoms with Crippen LogP contribution in [-0.2, 0) is 34.3 Å². The van der Waals surface area contributed by atoms with Crippen molar-refractivity contribution in [3.8, 4) is 11.5 Å². The Morgan fingerprint density at radius 2 is 1.82 bits per heavy atom. The van der Waals surface area contributed by atoms with E-state index < -0.39 is 16.1 Å². The van der Waals surface area contributed by atoms with Gasteiger partial charge in [-0.3, -0.25) is 4.79 Å². The van der Waals surface area contributed by atoms with Gasteiger partial charge in [0.25, 0.3) is 0 Å². The standard InChI is InChI=1S/C23H25ClN4O4S/c1-15(2)27(14-21-25-26-22(32-21)18-10-6-7-11-19(18)24)23(29)20-12-16-8-4-5-9-17(16)13-28(20)33(3,30)31/h4-11,15,20H,12-14H2,1-3H3/t20-/m0/s1. The minimum absolute atomic E-state index is 0.0592. The minimum atomic E-state index is -3.61. The zero-order chi connectivity index (χ0) is 23.8. The fraction of sp³-hybridized carbons (Fsp3) is 0.348. The second kappa shape index (κ2) is 9.24. The molecular formula is C23H25ClN4O4S. The summed E-state index contributed by atoms with van der Waals surface area (Å²) in [5, 5.41) is 8.64. The lowest BCUT2D eigenvalue weighted by Crippen LogP contribution is -2.54. The number of benzene rings is 2. The van der Waals surface area contributed by atoms with Crippen LogP contribution in [0.4, 0.5) is 0 Å². The van der Waals surface area contributed by atoms with E-state index in [1.54, 1.807) is 23.1 Å². The Bertz CT molecular complexity index is 1270. The highest BCUT2D eigenvalue weighted by Gasteiger charge is 2.39. The maximum atomic E-state index is 13.7. The molecule has 0 radical (unpaired) electrons. The number of carbonyl (C=O) groups excluding carboxylic acids is 1. The summed E-state index contributed by atoms with van der Waals surface area (Å²) in [6.07, 6.45) is 1.44. The van der Waals surface area contributed by atoms with Gasteiger partial charge in [0.1, 0.15) is 6.04 Å². The molecule has 0 aliphatic carbocycles. The number of carbonyl (C=O) groups is 1. The van der Waals surface area contributed by atoms with Crippen molar-refractivity contribution in [1.82, 2.24) is 19.4 Å². The molecule has 8 nitrogen and oxygen atoms in total. The van der Waals surface area contributed by atoms with Gasteiger partial charge in [-0.05, 0) is 43.5 Å². The fourth-order valence-corrected chi connectivity index (χ4v) is 5.19. The van der Waals surface area contributed by atoms with Gasteiger partial charge in [0.05, 0.1) is 23.4 Å². The molecule has 0 saturated carbocycles. The Labute approximate surface area is 198 Å². The minimum Gasteiger partial charge on any atom is -0.419 e. The van der Waals surface area contributed by atoms with Crippen LogP contribution in [-0.4, -0.2) is 52.1 Å². The molecule has 4 rings (SSSR count). The molecule has 0 saturated heterocycles. The van der Waals surface area contributed by atoms with Gasteiger partial charge in [-0.2, -0.15) is 4.31 Å². The highest BCUT2D eigenvalue weighted by atomic mass is 35.5. The lowest BCUT2D eigenvalue weighted by molar-refractivity contribution is -0.138. The number of amides is 1. The first-order valence-electron chi connectivity index (χ1n) is 10.6. The smallest absolute Gasteiger partial charge is 0.249 e. The summed E-state index contributed by atoms with van der Waals surface area (Å²) in [4.78, 5) is 15.2. The number of nitrogens with zero attached hydrogens (tertiary/aromatic N) is 4. The molecule has 0 N–H and O–H groups in total. The third kappa shape index (κ3) is 4.95. The van der Waals surface area contributed by atoms with Gasteiger partial charge in [0.2, 0.25) is 27.7 Å². The maximum Gasteiger partial charge on any atom is 0.249 e. The third-order valence-electron chi connectivity index (χ3n) is 5.70. The quantitative estimate of drug-likeness (QED) is 0.526. The Kier molecular flexibility index (Phi) is 6.56. The molecule has 10 heteroatoms. The Morgan fingerprint density at radius 3 is 2.48 bits per heavy atom. The molecule has 0 spiro atoms. The number of rotatable bonds is 6. The molecule has 1 aliphatic heterocycles. The zero-order valence-corrected chi connectivity index (χ0v) is 20.2. The molecule has 1 aliphatic rings. The summed E-state index contributed by atoms with van der Waals surface area (Å²) in [5.41, 5.74) is 2.48. The highest BCUT2D eigenvalue weighted by Crippen LogP contribution is 2.29. The van der Waals surface area contributed by atoms with Crippen LogP contribution in [0.2, 0.25) is 5.02 Å². The molecule has 174 valence electrons. The number of hydrogen-bond donors (Lipinski definition) is 0. The normalized spacial score (nSPS) is 16.6. The van der Waals surface area contributed by atoms with Crippen molar-refractivity contribution < 1.29 is 17.6 Å². The van der Waals surface area contributed by atoms with Gasteiger partial charge in [0, 0.05) is 12.6 Å². The lowest BCUT2D eigenvalue weighted by atomic mass is 9.95. The van der Waals surface area contributed by atoms with Crippen LogP contribution < -0.4 is 0 Å². The van der Waals surface area contributed by atoms with E-state index in [0.717, 1.165) is 17.4 Å². The van der Waals surface area contributed by atoms with Gasteiger partial charge in [-0.1, -0.05) is 48.0 Å². The first-order valence-corrected chi connectivity index (χ1v) is 12.8. The van der Waals surface area contributed by atoms with Gasteiger partial charge in [0.15, 0.2) is 0 Å². The fourth-order valence-electron chi connectivity index (χ4n) is 3.97. The Hall–Kier alpha value is -2.75. The molecule has 1 atom stereocenters. The maximum absolute atomic E-state index is 13.7. The lowest BCUT2D eigenvalue weighted by Gasteiger charge is -2.38. The van der Waals surface area contributed by atoms with Gasteiger partial charge < -0.3 is 9.32 Å². The van der Waals surface area contributed by atoms with E-state index >= 15 is 0 Å². The van der Waals surface area contributed by atoms with Crippen LogP contribution >= 0.6 is 11.6 Å². The van der Waals surface area contributed by atoms with E-state index in [4.69, 9.17) is 16.0 Å². The number of sulfonamides is 1. The van der Waals surface area contributed by atoms with Crippen molar-refractivity contribution in [2.45, 2.75) is 45.4 Å². The van der Waals surface area contributed by atoms with Crippen LogP contribution in [0.25, 0.3) is 11.5 Å². The summed E-state index contributed by atoms with van der Waals surface area (Å²) < 4.78 is 32.2. The molecule has 3 aromatic rings. The average Bonchev–Trinajstić information content (AvgIpc) is 3.24. The van der Waals surface area contributed by atoms with E-state index in [-0.39, 0.29) is 36.8 Å². The topological polar surface area (TPSA) is 96.6 Å². The van der Waals surface area contributed by atoms with Crippen LogP contribution in [0.1, 0.15) is 30.9 Å². The van der Waals surface area contributed by atoms with Gasteiger partial charge >= 0.3 is 0 Å².